The fourth-order valence-electron chi connectivity index (χ4n) is 2.49. The number of phenolic OH excluding ortho intramolecular Hbond substituents is 1. The Hall–Kier alpha value is -2.01. The largest absolute Gasteiger partial charge is 0.507 e. The van der Waals surface area contributed by atoms with Crippen LogP contribution in [-0.2, 0) is 6.42 Å². The number of halogens is 1. The quantitative estimate of drug-likeness (QED) is 0.578. The van der Waals surface area contributed by atoms with Crippen molar-refractivity contribution in [1.82, 2.24) is 0 Å². The van der Waals surface area contributed by atoms with E-state index >= 15 is 0 Å². The molecule has 22 heavy (non-hydrogen) atoms. The fraction of sp³-hybridized carbons (Fsp3) is 0.118. The number of ketones is 1. The second-order valence-corrected chi connectivity index (χ2v) is 5.83. The van der Waals surface area contributed by atoms with E-state index in [-0.39, 0.29) is 17.0 Å². The van der Waals surface area contributed by atoms with Crippen molar-refractivity contribution in [2.75, 3.05) is 0 Å². The lowest BCUT2D eigenvalue weighted by atomic mass is 9.90. The average molecular weight is 355 g/mol. The highest BCUT2D eigenvalue weighted by Crippen LogP contribution is 2.30. The van der Waals surface area contributed by atoms with Crippen LogP contribution in [0.25, 0.3) is 11.0 Å². The number of hydrogen-bond donors (Lipinski definition) is 1. The van der Waals surface area contributed by atoms with Crippen LogP contribution in [0.1, 0.15) is 28.6 Å². The standard InChI is InChI=1S/C17H12BBrO3/c1-2-13-15(10-5-3-4-6-14(10)22-13)16(20)9-7-11(18)17(21)12(19)8-9/h3-8,21H,2H2,1H3. The van der Waals surface area contributed by atoms with Gasteiger partial charge in [-0.2, -0.15) is 0 Å². The first-order valence-electron chi connectivity index (χ1n) is 6.86. The van der Waals surface area contributed by atoms with Crippen LogP contribution in [0, 0.1) is 0 Å². The maximum Gasteiger partial charge on any atom is 0.197 e. The van der Waals surface area contributed by atoms with E-state index in [0.717, 1.165) is 5.39 Å². The summed E-state index contributed by atoms with van der Waals surface area (Å²) >= 11 is 3.21. The Kier molecular flexibility index (Phi) is 3.83. The molecule has 0 amide bonds. The van der Waals surface area contributed by atoms with Gasteiger partial charge >= 0.3 is 0 Å². The van der Waals surface area contributed by atoms with Crippen LogP contribution in [-0.4, -0.2) is 18.7 Å². The summed E-state index contributed by atoms with van der Waals surface area (Å²) in [5, 5.41) is 10.5. The highest BCUT2D eigenvalue weighted by Gasteiger charge is 2.21. The van der Waals surface area contributed by atoms with Crippen molar-refractivity contribution in [1.29, 1.82) is 0 Å². The summed E-state index contributed by atoms with van der Waals surface area (Å²) in [6.45, 7) is 1.94. The Morgan fingerprint density at radius 1 is 1.32 bits per heavy atom. The Morgan fingerprint density at radius 2 is 2.05 bits per heavy atom. The van der Waals surface area contributed by atoms with Gasteiger partial charge in [0, 0.05) is 17.4 Å². The third-order valence-electron chi connectivity index (χ3n) is 3.57. The lowest BCUT2D eigenvalue weighted by molar-refractivity contribution is 0.103. The SMILES string of the molecule is [B]c1cc(C(=O)c2c(CC)oc3ccccc23)cc(Br)c1O. The van der Waals surface area contributed by atoms with Gasteiger partial charge < -0.3 is 9.52 Å². The van der Waals surface area contributed by atoms with Crippen LogP contribution >= 0.6 is 15.9 Å². The van der Waals surface area contributed by atoms with Gasteiger partial charge in [-0.1, -0.05) is 36.7 Å². The molecule has 5 heteroatoms. The topological polar surface area (TPSA) is 50.4 Å². The Labute approximate surface area is 137 Å². The van der Waals surface area contributed by atoms with Gasteiger partial charge in [0.2, 0.25) is 0 Å². The second-order valence-electron chi connectivity index (χ2n) is 4.97. The number of aryl methyl sites for hydroxylation is 1. The third-order valence-corrected chi connectivity index (χ3v) is 4.18. The van der Waals surface area contributed by atoms with Crippen LogP contribution < -0.4 is 5.46 Å². The lowest BCUT2D eigenvalue weighted by Crippen LogP contribution is -2.10. The highest BCUT2D eigenvalue weighted by atomic mass is 79.9. The van der Waals surface area contributed by atoms with E-state index in [0.29, 0.717) is 33.4 Å². The molecule has 0 atom stereocenters. The smallest absolute Gasteiger partial charge is 0.197 e. The van der Waals surface area contributed by atoms with Crippen LogP contribution in [0.4, 0.5) is 0 Å². The molecule has 108 valence electrons. The molecule has 0 spiro atoms. The molecule has 1 heterocycles. The first-order valence-corrected chi connectivity index (χ1v) is 7.65. The zero-order chi connectivity index (χ0) is 15.9. The van der Waals surface area contributed by atoms with Gasteiger partial charge in [0.1, 0.15) is 24.9 Å². The number of carbonyl (C=O) groups excluding carboxylic acids is 1. The summed E-state index contributed by atoms with van der Waals surface area (Å²) in [5.41, 5.74) is 1.80. The predicted molar refractivity (Wildman–Crippen MR) is 90.2 cm³/mol. The first-order chi connectivity index (χ1) is 10.5. The second kappa shape index (κ2) is 5.65. The molecule has 3 rings (SSSR count). The Balaban J connectivity index is 2.21. The minimum absolute atomic E-state index is 0.0654. The molecule has 2 radical (unpaired) electrons. The highest BCUT2D eigenvalue weighted by molar-refractivity contribution is 9.10. The number of benzene rings is 2. The van der Waals surface area contributed by atoms with Gasteiger partial charge in [-0.25, -0.2) is 0 Å². The molecule has 0 aliphatic rings. The molecule has 1 N–H and O–H groups in total. The zero-order valence-corrected chi connectivity index (χ0v) is 13.5. The molecule has 0 aliphatic heterocycles. The van der Waals surface area contributed by atoms with Gasteiger partial charge in [0.15, 0.2) is 5.78 Å². The van der Waals surface area contributed by atoms with Crippen molar-refractivity contribution in [3.63, 3.8) is 0 Å². The van der Waals surface area contributed by atoms with Crippen LogP contribution in [0.5, 0.6) is 5.75 Å². The van der Waals surface area contributed by atoms with Gasteiger partial charge in [-0.3, -0.25) is 4.79 Å². The number of aromatic hydroxyl groups is 1. The molecule has 0 unspecified atom stereocenters. The number of hydrogen-bond acceptors (Lipinski definition) is 3. The number of para-hydroxylation sites is 1. The average Bonchev–Trinajstić information content (AvgIpc) is 2.89. The van der Waals surface area contributed by atoms with Crippen molar-refractivity contribution in [2.45, 2.75) is 13.3 Å². The number of phenols is 1. The number of furan rings is 1. The van der Waals surface area contributed by atoms with Crippen molar-refractivity contribution in [3.05, 3.63) is 57.8 Å². The molecule has 0 saturated carbocycles. The number of carbonyl (C=O) groups is 1. The summed E-state index contributed by atoms with van der Waals surface area (Å²) in [6, 6.07) is 10.5. The van der Waals surface area contributed by atoms with Crippen molar-refractivity contribution in [2.24, 2.45) is 0 Å². The molecule has 0 aliphatic carbocycles. The molecule has 1 aromatic heterocycles. The molecule has 0 bridgehead atoms. The Bertz CT molecular complexity index is 860. The monoisotopic (exact) mass is 354 g/mol. The van der Waals surface area contributed by atoms with E-state index in [1.165, 1.54) is 6.07 Å². The predicted octanol–water partition coefficient (Wildman–Crippen LogP) is 3.49. The van der Waals surface area contributed by atoms with Gasteiger partial charge in [-0.05, 0) is 28.1 Å². The van der Waals surface area contributed by atoms with Crippen molar-refractivity contribution < 1.29 is 14.3 Å². The molecular formula is C17H12BBrO3. The van der Waals surface area contributed by atoms with E-state index in [9.17, 15) is 9.90 Å². The van der Waals surface area contributed by atoms with E-state index in [4.69, 9.17) is 12.3 Å². The maximum atomic E-state index is 12.9. The van der Waals surface area contributed by atoms with E-state index < -0.39 is 0 Å². The molecule has 0 fully saturated rings. The molecule has 3 aromatic rings. The van der Waals surface area contributed by atoms with E-state index in [1.54, 1.807) is 6.07 Å². The van der Waals surface area contributed by atoms with Crippen LogP contribution in [0.2, 0.25) is 0 Å². The van der Waals surface area contributed by atoms with Crippen molar-refractivity contribution >= 4 is 46.0 Å². The van der Waals surface area contributed by atoms with Gasteiger partial charge in [-0.15, -0.1) is 0 Å². The van der Waals surface area contributed by atoms with E-state index in [1.807, 2.05) is 31.2 Å². The number of fused-ring (bicyclic) bond motifs is 1. The van der Waals surface area contributed by atoms with Crippen molar-refractivity contribution in [3.8, 4) is 5.75 Å². The van der Waals surface area contributed by atoms with Crippen LogP contribution in [0.3, 0.4) is 0 Å². The maximum absolute atomic E-state index is 12.9. The summed E-state index contributed by atoms with van der Waals surface area (Å²) in [5.74, 6) is 0.410. The summed E-state index contributed by atoms with van der Waals surface area (Å²) in [6.07, 6.45) is 0.616. The fourth-order valence-corrected chi connectivity index (χ4v) is 2.97. The third kappa shape index (κ3) is 2.35. The lowest BCUT2D eigenvalue weighted by Gasteiger charge is -2.07. The normalized spacial score (nSPS) is 11.0. The van der Waals surface area contributed by atoms with Gasteiger partial charge in [0.25, 0.3) is 0 Å². The minimum Gasteiger partial charge on any atom is -0.507 e. The molecular weight excluding hydrogens is 343 g/mol. The summed E-state index contributed by atoms with van der Waals surface area (Å²) < 4.78 is 6.15. The Morgan fingerprint density at radius 3 is 2.73 bits per heavy atom. The summed E-state index contributed by atoms with van der Waals surface area (Å²) in [4.78, 5) is 12.9. The summed E-state index contributed by atoms with van der Waals surface area (Å²) in [7, 11) is 5.74. The number of rotatable bonds is 3. The zero-order valence-electron chi connectivity index (χ0n) is 11.9. The first kappa shape index (κ1) is 14.9. The molecule has 2 aromatic carbocycles. The minimum atomic E-state index is -0.172. The van der Waals surface area contributed by atoms with E-state index in [2.05, 4.69) is 15.9 Å². The molecule has 3 nitrogen and oxygen atoms in total. The molecule has 0 saturated heterocycles. The van der Waals surface area contributed by atoms with Crippen LogP contribution in [0.15, 0.2) is 45.3 Å². The van der Waals surface area contributed by atoms with Gasteiger partial charge in [0.05, 0.1) is 10.0 Å².